The highest BCUT2D eigenvalue weighted by Gasteiger charge is 2.15. The first-order chi connectivity index (χ1) is 5.11. The summed E-state index contributed by atoms with van der Waals surface area (Å²) < 4.78 is 4.22. The van der Waals surface area contributed by atoms with E-state index in [9.17, 15) is 14.9 Å². The highest BCUT2D eigenvalue weighted by atomic mass is 16.7. The Kier molecular flexibility index (Phi) is 1.67. The molecular formula is C5H4N2O4. The summed E-state index contributed by atoms with van der Waals surface area (Å²) in [5.41, 5.74) is -0.0308. The number of carbonyl (C=O) groups excluding carboxylic acids is 1. The lowest BCUT2D eigenvalue weighted by molar-refractivity contribution is -0.404. The fraction of sp³-hybridized carbons (Fsp3) is 0.200. The maximum atomic E-state index is 10.5. The van der Waals surface area contributed by atoms with Crippen molar-refractivity contribution < 1.29 is 14.2 Å². The summed E-state index contributed by atoms with van der Waals surface area (Å²) in [7, 11) is 0. The van der Waals surface area contributed by atoms with Crippen molar-refractivity contribution in [2.24, 2.45) is 0 Å². The maximum Gasteiger partial charge on any atom is 0.456 e. The zero-order valence-corrected chi connectivity index (χ0v) is 5.60. The molecule has 0 spiro atoms. The van der Waals surface area contributed by atoms with Crippen LogP contribution < -0.4 is 0 Å². The molecule has 0 aromatic carbocycles. The number of hydrogen-bond acceptors (Lipinski definition) is 5. The quantitative estimate of drug-likeness (QED) is 0.358. The van der Waals surface area contributed by atoms with Gasteiger partial charge in [-0.1, -0.05) is 5.16 Å². The van der Waals surface area contributed by atoms with Crippen LogP contribution in [0.3, 0.4) is 0 Å². The van der Waals surface area contributed by atoms with E-state index in [4.69, 9.17) is 0 Å². The topological polar surface area (TPSA) is 86.2 Å². The molecule has 0 aliphatic rings. The Morgan fingerprint density at radius 3 is 2.73 bits per heavy atom. The van der Waals surface area contributed by atoms with Crippen molar-refractivity contribution in [3.63, 3.8) is 0 Å². The van der Waals surface area contributed by atoms with Crippen molar-refractivity contribution in [1.82, 2.24) is 5.16 Å². The lowest BCUT2D eigenvalue weighted by Crippen LogP contribution is -1.90. The number of ketones is 1. The summed E-state index contributed by atoms with van der Waals surface area (Å²) in [6, 6.07) is 0.988. The fourth-order valence-electron chi connectivity index (χ4n) is 0.518. The van der Waals surface area contributed by atoms with Crippen LogP contribution in [-0.2, 0) is 0 Å². The van der Waals surface area contributed by atoms with Gasteiger partial charge < -0.3 is 0 Å². The molecule has 0 amide bonds. The first kappa shape index (κ1) is 7.39. The van der Waals surface area contributed by atoms with Crippen LogP contribution in [0.5, 0.6) is 0 Å². The normalized spacial score (nSPS) is 9.55. The number of aromatic nitrogens is 1. The second-order valence-electron chi connectivity index (χ2n) is 1.86. The van der Waals surface area contributed by atoms with E-state index in [1.807, 2.05) is 0 Å². The van der Waals surface area contributed by atoms with Crippen LogP contribution in [0.25, 0.3) is 0 Å². The molecule has 0 fully saturated rings. The number of nitrogens with zero attached hydrogens (tertiary/aromatic N) is 2. The molecule has 0 aliphatic heterocycles. The molecule has 6 nitrogen and oxygen atoms in total. The summed E-state index contributed by atoms with van der Waals surface area (Å²) in [5.74, 6) is -0.878. The largest absolute Gasteiger partial charge is 0.456 e. The van der Waals surface area contributed by atoms with Gasteiger partial charge >= 0.3 is 5.88 Å². The zero-order valence-electron chi connectivity index (χ0n) is 5.60. The molecule has 0 radical (unpaired) electrons. The van der Waals surface area contributed by atoms with Crippen molar-refractivity contribution >= 4 is 11.7 Å². The molecular weight excluding hydrogens is 152 g/mol. The molecule has 0 N–H and O–H groups in total. The van der Waals surface area contributed by atoms with E-state index in [1.165, 1.54) is 6.92 Å². The van der Waals surface area contributed by atoms with Crippen LogP contribution >= 0.6 is 0 Å². The van der Waals surface area contributed by atoms with Crippen molar-refractivity contribution in [3.05, 3.63) is 21.9 Å². The highest BCUT2D eigenvalue weighted by Crippen LogP contribution is 2.11. The number of nitro groups is 1. The summed E-state index contributed by atoms with van der Waals surface area (Å²) in [4.78, 5) is 19.8. The minimum atomic E-state index is -0.751. The van der Waals surface area contributed by atoms with Crippen LogP contribution in [0.1, 0.15) is 17.4 Å². The number of carbonyl (C=O) groups is 1. The molecule has 0 bridgehead atoms. The third-order valence-corrected chi connectivity index (χ3v) is 1.04. The molecule has 1 rings (SSSR count). The fourth-order valence-corrected chi connectivity index (χ4v) is 0.518. The molecule has 0 aliphatic carbocycles. The van der Waals surface area contributed by atoms with Crippen LogP contribution in [-0.4, -0.2) is 15.9 Å². The summed E-state index contributed by atoms with van der Waals surface area (Å²) in [6.07, 6.45) is 0. The van der Waals surface area contributed by atoms with Gasteiger partial charge in [-0.05, 0) is 0 Å². The second kappa shape index (κ2) is 2.49. The lowest BCUT2D eigenvalue weighted by Gasteiger charge is -1.76. The summed E-state index contributed by atoms with van der Waals surface area (Å²) in [6.45, 7) is 1.25. The summed E-state index contributed by atoms with van der Waals surface area (Å²) in [5, 5.41) is 13.2. The van der Waals surface area contributed by atoms with Gasteiger partial charge in [-0.2, -0.15) is 0 Å². The van der Waals surface area contributed by atoms with Crippen LogP contribution in [0.15, 0.2) is 10.6 Å². The van der Waals surface area contributed by atoms with E-state index in [2.05, 4.69) is 9.68 Å². The molecule has 0 unspecified atom stereocenters. The lowest BCUT2D eigenvalue weighted by atomic mass is 10.3. The van der Waals surface area contributed by atoms with Crippen LogP contribution in [0, 0.1) is 10.1 Å². The van der Waals surface area contributed by atoms with E-state index in [1.54, 1.807) is 0 Å². The van der Waals surface area contributed by atoms with Gasteiger partial charge in [-0.3, -0.25) is 19.4 Å². The minimum Gasteiger partial charge on any atom is -0.293 e. The minimum absolute atomic E-state index is 0.0308. The number of rotatable bonds is 2. The Labute approximate surface area is 60.9 Å². The van der Waals surface area contributed by atoms with Crippen molar-refractivity contribution in [3.8, 4) is 0 Å². The third-order valence-electron chi connectivity index (χ3n) is 1.04. The molecule has 0 saturated carbocycles. The van der Waals surface area contributed by atoms with Gasteiger partial charge in [0.1, 0.15) is 4.92 Å². The SMILES string of the molecule is CC(=O)c1cc([N+](=O)[O-])on1. The molecule has 58 valence electrons. The van der Waals surface area contributed by atoms with Gasteiger partial charge in [-0.25, -0.2) is 0 Å². The summed E-state index contributed by atoms with van der Waals surface area (Å²) >= 11 is 0. The van der Waals surface area contributed by atoms with E-state index in [-0.39, 0.29) is 11.5 Å². The van der Waals surface area contributed by atoms with E-state index in [0.717, 1.165) is 6.07 Å². The first-order valence-corrected chi connectivity index (χ1v) is 2.73. The van der Waals surface area contributed by atoms with Gasteiger partial charge in [0.05, 0.1) is 6.07 Å². The Bertz CT molecular complexity index is 275. The monoisotopic (exact) mass is 156 g/mol. The highest BCUT2D eigenvalue weighted by molar-refractivity contribution is 5.92. The Balaban J connectivity index is 2.99. The third kappa shape index (κ3) is 1.40. The van der Waals surface area contributed by atoms with Crippen molar-refractivity contribution in [2.45, 2.75) is 6.92 Å². The molecule has 0 saturated heterocycles. The Hall–Kier alpha value is -1.72. The van der Waals surface area contributed by atoms with Crippen molar-refractivity contribution in [2.75, 3.05) is 0 Å². The van der Waals surface area contributed by atoms with Crippen molar-refractivity contribution in [1.29, 1.82) is 0 Å². The molecule has 0 atom stereocenters. The maximum absolute atomic E-state index is 10.5. The van der Waals surface area contributed by atoms with Gasteiger partial charge in [-0.15, -0.1) is 0 Å². The van der Waals surface area contributed by atoms with Gasteiger partial charge in [0.2, 0.25) is 0 Å². The Morgan fingerprint density at radius 2 is 2.45 bits per heavy atom. The van der Waals surface area contributed by atoms with E-state index in [0.29, 0.717) is 0 Å². The van der Waals surface area contributed by atoms with Gasteiger partial charge in [0.15, 0.2) is 11.5 Å². The number of hydrogen-bond donors (Lipinski definition) is 0. The average Bonchev–Trinajstić information content (AvgIpc) is 2.33. The van der Waals surface area contributed by atoms with Gasteiger partial charge in [0, 0.05) is 6.92 Å². The standard InChI is InChI=1S/C5H4N2O4/c1-3(8)4-2-5(7(9)10)11-6-4/h2H,1H3. The predicted octanol–water partition coefficient (Wildman–Crippen LogP) is 0.785. The van der Waals surface area contributed by atoms with Crippen LogP contribution in [0.4, 0.5) is 5.88 Å². The molecule has 1 aromatic rings. The zero-order chi connectivity index (χ0) is 8.43. The predicted molar refractivity (Wildman–Crippen MR) is 33.2 cm³/mol. The number of Topliss-reactive ketones (excluding diaryl/α,β-unsaturated/α-hetero) is 1. The van der Waals surface area contributed by atoms with E-state index < -0.39 is 10.8 Å². The molecule has 1 aromatic heterocycles. The molecule has 11 heavy (non-hydrogen) atoms. The molecule has 1 heterocycles. The molecule has 6 heteroatoms. The average molecular weight is 156 g/mol. The second-order valence-corrected chi connectivity index (χ2v) is 1.86. The Morgan fingerprint density at radius 1 is 1.82 bits per heavy atom. The smallest absolute Gasteiger partial charge is 0.293 e. The van der Waals surface area contributed by atoms with E-state index >= 15 is 0 Å². The van der Waals surface area contributed by atoms with Crippen LogP contribution in [0.2, 0.25) is 0 Å². The first-order valence-electron chi connectivity index (χ1n) is 2.73. The van der Waals surface area contributed by atoms with Gasteiger partial charge in [0.25, 0.3) is 0 Å².